The number of rotatable bonds is 5. The van der Waals surface area contributed by atoms with Gasteiger partial charge >= 0.3 is 11.9 Å². The van der Waals surface area contributed by atoms with Crippen molar-refractivity contribution in [2.75, 3.05) is 58.3 Å². The van der Waals surface area contributed by atoms with Crippen molar-refractivity contribution in [3.8, 4) is 28.2 Å². The van der Waals surface area contributed by atoms with Crippen LogP contribution in [0.25, 0.3) is 33.4 Å². The highest BCUT2D eigenvalue weighted by Gasteiger charge is 2.27. The largest absolute Gasteiger partial charge is 0.465 e. The van der Waals surface area contributed by atoms with E-state index in [0.29, 0.717) is 28.2 Å². The van der Waals surface area contributed by atoms with Crippen LogP contribution in [0.15, 0.2) is 46.9 Å². The second kappa shape index (κ2) is 9.85. The summed E-state index contributed by atoms with van der Waals surface area (Å²) in [5, 5.41) is 4.65. The minimum Gasteiger partial charge on any atom is -0.465 e. The fourth-order valence-corrected chi connectivity index (χ4v) is 4.38. The summed E-state index contributed by atoms with van der Waals surface area (Å²) in [4.78, 5) is 26.9. The fraction of sp³-hybridized carbons (Fsp3) is 0.250. The molecule has 0 bridgehead atoms. The van der Waals surface area contributed by atoms with Crippen molar-refractivity contribution in [3.63, 3.8) is 0 Å². The molecular formula is C28H31N4O5+. The van der Waals surface area contributed by atoms with Crippen molar-refractivity contribution in [3.05, 3.63) is 53.4 Å². The van der Waals surface area contributed by atoms with Crippen LogP contribution in [0.1, 0.15) is 17.3 Å². The number of anilines is 3. The number of ether oxygens (including phenoxy) is 2. The van der Waals surface area contributed by atoms with Crippen LogP contribution in [0.5, 0.6) is 5.75 Å². The Morgan fingerprint density at radius 1 is 1.05 bits per heavy atom. The number of hydrogen-bond donors (Lipinski definition) is 2. The predicted molar refractivity (Wildman–Crippen MR) is 146 cm³/mol. The molecule has 0 fully saturated rings. The Morgan fingerprint density at radius 3 is 2.38 bits per heavy atom. The Balaban J connectivity index is 2.24. The first-order valence-electron chi connectivity index (χ1n) is 11.7. The van der Waals surface area contributed by atoms with Crippen molar-refractivity contribution in [2.45, 2.75) is 6.92 Å². The summed E-state index contributed by atoms with van der Waals surface area (Å²) in [6.07, 6.45) is 0. The van der Waals surface area contributed by atoms with Crippen LogP contribution in [0.2, 0.25) is 0 Å². The molecule has 0 spiro atoms. The molecule has 37 heavy (non-hydrogen) atoms. The first-order chi connectivity index (χ1) is 17.6. The van der Waals surface area contributed by atoms with Gasteiger partial charge in [0.1, 0.15) is 31.1 Å². The number of benzene rings is 3. The van der Waals surface area contributed by atoms with Gasteiger partial charge in [-0.2, -0.15) is 0 Å². The predicted octanol–water partition coefficient (Wildman–Crippen LogP) is 3.64. The van der Waals surface area contributed by atoms with Gasteiger partial charge in [-0.1, -0.05) is 0 Å². The van der Waals surface area contributed by atoms with Gasteiger partial charge in [0.15, 0.2) is 5.75 Å². The highest BCUT2D eigenvalue weighted by molar-refractivity contribution is 6.09. The summed E-state index contributed by atoms with van der Waals surface area (Å²) in [5.41, 5.74) is 10.7. The maximum atomic E-state index is 12.8. The number of hydrogen-bond acceptors (Lipinski definition) is 8. The molecule has 4 rings (SSSR count). The Kier molecular flexibility index (Phi) is 6.80. The van der Waals surface area contributed by atoms with Crippen LogP contribution in [0.3, 0.4) is 0 Å². The molecule has 1 aliphatic heterocycles. The molecule has 0 unspecified atom stereocenters. The molecule has 0 atom stereocenters. The van der Waals surface area contributed by atoms with Gasteiger partial charge < -0.3 is 29.8 Å². The lowest BCUT2D eigenvalue weighted by atomic mass is 9.90. The zero-order valence-corrected chi connectivity index (χ0v) is 22.1. The van der Waals surface area contributed by atoms with E-state index in [1.165, 1.54) is 14.0 Å². The van der Waals surface area contributed by atoms with Gasteiger partial charge in [0.05, 0.1) is 24.4 Å². The molecule has 1 heterocycles. The minimum atomic E-state index is -0.578. The van der Waals surface area contributed by atoms with Crippen LogP contribution >= 0.6 is 0 Å². The van der Waals surface area contributed by atoms with E-state index in [-0.39, 0.29) is 17.0 Å². The van der Waals surface area contributed by atoms with Crippen molar-refractivity contribution < 1.29 is 23.5 Å². The van der Waals surface area contributed by atoms with Crippen LogP contribution in [-0.4, -0.2) is 54.3 Å². The standard InChI is InChI=1S/C28H30N4O5/c1-15(33)36-27-20(14-21(28(34)35-7)26(30-2)25(27)29)24-18-10-8-16(31(3)4)12-22(18)37-23-13-17(32(5)6)9-11-19(23)24/h8-14H,29H2,1-7H3/p+1. The number of carbonyl (C=O) groups excluding carboxylic acids is 2. The molecule has 0 aromatic heterocycles. The molecule has 2 aliphatic rings. The second-order valence-electron chi connectivity index (χ2n) is 9.05. The lowest BCUT2D eigenvalue weighted by molar-refractivity contribution is -0.131. The van der Waals surface area contributed by atoms with Crippen LogP contribution in [0, 0.1) is 0 Å². The minimum absolute atomic E-state index is 0.118. The van der Waals surface area contributed by atoms with Crippen molar-refractivity contribution >= 4 is 40.0 Å². The normalized spacial score (nSPS) is 10.9. The average Bonchev–Trinajstić information content (AvgIpc) is 2.86. The summed E-state index contributed by atoms with van der Waals surface area (Å²) in [6.45, 7) is 1.31. The van der Waals surface area contributed by atoms with Gasteiger partial charge in [-0.05, 0) is 24.3 Å². The number of fused-ring (bicyclic) bond motifs is 2. The number of nitrogens with zero attached hydrogens (tertiary/aromatic N) is 2. The molecule has 3 N–H and O–H groups in total. The van der Waals surface area contributed by atoms with E-state index in [1.54, 1.807) is 13.1 Å². The zero-order valence-electron chi connectivity index (χ0n) is 22.1. The molecule has 1 aliphatic carbocycles. The van der Waals surface area contributed by atoms with Gasteiger partial charge in [-0.3, -0.25) is 4.79 Å². The van der Waals surface area contributed by atoms with E-state index >= 15 is 0 Å². The van der Waals surface area contributed by atoms with Crippen molar-refractivity contribution in [1.29, 1.82) is 0 Å². The molecule has 192 valence electrons. The highest BCUT2D eigenvalue weighted by Crippen LogP contribution is 2.48. The van der Waals surface area contributed by atoms with E-state index in [0.717, 1.165) is 22.0 Å². The number of esters is 2. The van der Waals surface area contributed by atoms with E-state index in [2.05, 4.69) is 5.32 Å². The second-order valence-corrected chi connectivity index (χ2v) is 9.05. The number of carbonyl (C=O) groups is 2. The van der Waals surface area contributed by atoms with Gasteiger partial charge in [-0.15, -0.1) is 0 Å². The third-order valence-electron chi connectivity index (χ3n) is 6.21. The summed E-state index contributed by atoms with van der Waals surface area (Å²) in [7, 11) is 10.7. The molecule has 9 heteroatoms. The van der Waals surface area contributed by atoms with Crippen molar-refractivity contribution in [1.82, 2.24) is 4.58 Å². The number of nitrogen functional groups attached to an aromatic ring is 1. The monoisotopic (exact) mass is 503 g/mol. The first-order valence-corrected chi connectivity index (χ1v) is 11.7. The molecule has 0 radical (unpaired) electrons. The lowest BCUT2D eigenvalue weighted by Gasteiger charge is -2.22. The lowest BCUT2D eigenvalue weighted by Crippen LogP contribution is -2.21. The Bertz CT molecular complexity index is 1580. The Morgan fingerprint density at radius 2 is 1.78 bits per heavy atom. The van der Waals surface area contributed by atoms with E-state index < -0.39 is 11.9 Å². The molecule has 0 saturated heterocycles. The number of methoxy groups -OCH3 is 1. The zero-order chi connectivity index (χ0) is 27.0. The third kappa shape index (κ3) is 4.55. The molecule has 0 amide bonds. The van der Waals surface area contributed by atoms with Crippen LogP contribution < -0.4 is 30.6 Å². The van der Waals surface area contributed by atoms with Gasteiger partial charge in [0.25, 0.3) is 0 Å². The average molecular weight is 504 g/mol. The van der Waals surface area contributed by atoms with Gasteiger partial charge in [-0.25, -0.2) is 9.37 Å². The maximum absolute atomic E-state index is 12.8. The van der Waals surface area contributed by atoms with Crippen molar-refractivity contribution in [2.24, 2.45) is 0 Å². The maximum Gasteiger partial charge on any atom is 0.340 e. The van der Waals surface area contributed by atoms with E-state index in [1.807, 2.05) is 74.1 Å². The molecular weight excluding hydrogens is 472 g/mol. The SMILES string of the molecule is CNc1c(C(=O)OC)cc(-c2c3ccc(=[N+](C)C)cc-3oc3cc(N(C)C)ccc23)c(OC(C)=O)c1N. The summed E-state index contributed by atoms with van der Waals surface area (Å²) >= 11 is 0. The van der Waals surface area contributed by atoms with Crippen LogP contribution in [0.4, 0.5) is 17.1 Å². The smallest absolute Gasteiger partial charge is 0.340 e. The Hall–Kier alpha value is -4.53. The summed E-state index contributed by atoms with van der Waals surface area (Å²) in [6, 6.07) is 13.4. The molecule has 2 aromatic rings. The summed E-state index contributed by atoms with van der Waals surface area (Å²) < 4.78 is 19.1. The number of nitrogens with two attached hydrogens (primary N) is 1. The quantitative estimate of drug-likeness (QED) is 0.140. The highest BCUT2D eigenvalue weighted by atomic mass is 16.5. The topological polar surface area (TPSA) is 110 Å². The molecule has 0 saturated carbocycles. The van der Waals surface area contributed by atoms with Crippen LogP contribution in [-0.2, 0) is 9.53 Å². The Labute approximate surface area is 215 Å². The van der Waals surface area contributed by atoms with Gasteiger partial charge in [0.2, 0.25) is 5.36 Å². The van der Waals surface area contributed by atoms with E-state index in [4.69, 9.17) is 19.6 Å². The summed E-state index contributed by atoms with van der Waals surface area (Å²) in [5.74, 6) is -0.355. The van der Waals surface area contributed by atoms with Gasteiger partial charge in [0, 0.05) is 68.0 Å². The van der Waals surface area contributed by atoms with E-state index in [9.17, 15) is 9.59 Å². The number of nitrogens with one attached hydrogen (secondary N) is 1. The third-order valence-corrected chi connectivity index (χ3v) is 6.21. The molecule has 9 nitrogen and oxygen atoms in total. The molecule has 2 aromatic carbocycles. The fourth-order valence-electron chi connectivity index (χ4n) is 4.38. The first kappa shape index (κ1) is 25.6.